The average Bonchev–Trinajstić information content (AvgIpc) is 3.10. The van der Waals surface area contributed by atoms with E-state index in [4.69, 9.17) is 10.6 Å². The van der Waals surface area contributed by atoms with E-state index < -0.39 is 10.0 Å². The molecule has 0 fully saturated rings. The number of para-hydroxylation sites is 1. The van der Waals surface area contributed by atoms with Crippen molar-refractivity contribution in [2.45, 2.75) is 18.4 Å². The third-order valence-corrected chi connectivity index (χ3v) is 6.34. The van der Waals surface area contributed by atoms with E-state index >= 15 is 0 Å². The summed E-state index contributed by atoms with van der Waals surface area (Å²) in [6.45, 7) is 1.99. The molecule has 3 rings (SSSR count). The zero-order valence-corrected chi connectivity index (χ0v) is 16.5. The summed E-state index contributed by atoms with van der Waals surface area (Å²) in [5.74, 6) is 6.14. The van der Waals surface area contributed by atoms with Gasteiger partial charge in [-0.05, 0) is 31.2 Å². The summed E-state index contributed by atoms with van der Waals surface area (Å²) in [5.41, 5.74) is 4.90. The Morgan fingerprint density at radius 3 is 2.52 bits per heavy atom. The van der Waals surface area contributed by atoms with Crippen LogP contribution in [0.4, 0.5) is 5.13 Å². The van der Waals surface area contributed by atoms with E-state index in [-0.39, 0.29) is 11.4 Å². The lowest BCUT2D eigenvalue weighted by Crippen LogP contribution is -2.23. The van der Waals surface area contributed by atoms with Gasteiger partial charge >= 0.3 is 0 Å². The SMILES string of the molecule is COc1ccccc1-c1nc(NN)sc1CNS(=O)(=O)c1ccc(C)cc1. The van der Waals surface area contributed by atoms with Gasteiger partial charge in [-0.15, -0.1) is 0 Å². The highest BCUT2D eigenvalue weighted by Crippen LogP contribution is 2.36. The summed E-state index contributed by atoms with van der Waals surface area (Å²) in [6, 6.07) is 14.1. The van der Waals surface area contributed by atoms with Crippen LogP contribution in [-0.2, 0) is 16.6 Å². The number of nitrogens with zero attached hydrogens (tertiary/aromatic N) is 1. The molecule has 7 nitrogen and oxygen atoms in total. The molecule has 9 heteroatoms. The number of hydrogen-bond donors (Lipinski definition) is 3. The number of nitrogens with one attached hydrogen (secondary N) is 2. The van der Waals surface area contributed by atoms with E-state index in [1.54, 1.807) is 31.4 Å². The molecule has 142 valence electrons. The van der Waals surface area contributed by atoms with Crippen LogP contribution >= 0.6 is 11.3 Å². The van der Waals surface area contributed by atoms with Gasteiger partial charge in [-0.2, -0.15) is 0 Å². The summed E-state index contributed by atoms with van der Waals surface area (Å²) in [4.78, 5) is 5.40. The molecule has 1 aromatic heterocycles. The third kappa shape index (κ3) is 4.28. The molecule has 4 N–H and O–H groups in total. The van der Waals surface area contributed by atoms with Gasteiger partial charge in [0.25, 0.3) is 0 Å². The predicted molar refractivity (Wildman–Crippen MR) is 107 cm³/mol. The highest BCUT2D eigenvalue weighted by molar-refractivity contribution is 7.89. The maximum Gasteiger partial charge on any atom is 0.240 e. The molecule has 0 aliphatic rings. The topological polar surface area (TPSA) is 106 Å². The molecule has 0 radical (unpaired) electrons. The van der Waals surface area contributed by atoms with E-state index in [2.05, 4.69) is 15.1 Å². The highest BCUT2D eigenvalue weighted by Gasteiger charge is 2.19. The van der Waals surface area contributed by atoms with Crippen LogP contribution < -0.4 is 20.7 Å². The van der Waals surface area contributed by atoms with E-state index in [0.717, 1.165) is 16.0 Å². The molecule has 0 atom stereocenters. The minimum atomic E-state index is -3.64. The lowest BCUT2D eigenvalue weighted by Gasteiger charge is -2.09. The molecule has 0 saturated heterocycles. The fourth-order valence-electron chi connectivity index (χ4n) is 2.55. The first-order chi connectivity index (χ1) is 12.9. The molecule has 0 unspecified atom stereocenters. The maximum atomic E-state index is 12.6. The summed E-state index contributed by atoms with van der Waals surface area (Å²) in [6.07, 6.45) is 0. The Morgan fingerprint density at radius 1 is 1.15 bits per heavy atom. The summed E-state index contributed by atoms with van der Waals surface area (Å²) in [5, 5.41) is 0.487. The summed E-state index contributed by atoms with van der Waals surface area (Å²) < 4.78 is 33.2. The zero-order chi connectivity index (χ0) is 19.4. The number of thiazole rings is 1. The van der Waals surface area contributed by atoms with Crippen molar-refractivity contribution in [2.75, 3.05) is 12.5 Å². The van der Waals surface area contributed by atoms with Crippen molar-refractivity contribution in [3.05, 3.63) is 59.0 Å². The van der Waals surface area contributed by atoms with Crippen LogP contribution in [0.1, 0.15) is 10.4 Å². The van der Waals surface area contributed by atoms with Crippen LogP contribution in [0.5, 0.6) is 5.75 Å². The van der Waals surface area contributed by atoms with Crippen LogP contribution in [-0.4, -0.2) is 20.5 Å². The predicted octanol–water partition coefficient (Wildman–Crippen LogP) is 2.89. The van der Waals surface area contributed by atoms with Crippen LogP contribution in [0, 0.1) is 6.92 Å². The average molecular weight is 405 g/mol. The molecule has 2 aromatic carbocycles. The van der Waals surface area contributed by atoms with Crippen molar-refractivity contribution >= 4 is 26.5 Å². The van der Waals surface area contributed by atoms with Gasteiger partial charge in [-0.25, -0.2) is 24.0 Å². The largest absolute Gasteiger partial charge is 0.496 e. The van der Waals surface area contributed by atoms with E-state index in [1.807, 2.05) is 31.2 Å². The second-order valence-electron chi connectivity index (χ2n) is 5.77. The van der Waals surface area contributed by atoms with Crippen LogP contribution in [0.3, 0.4) is 0 Å². The van der Waals surface area contributed by atoms with Gasteiger partial charge < -0.3 is 4.74 Å². The Kier molecular flexibility index (Phi) is 5.76. The molecule has 0 saturated carbocycles. The van der Waals surface area contributed by atoms with Crippen LogP contribution in [0.15, 0.2) is 53.4 Å². The monoisotopic (exact) mass is 404 g/mol. The van der Waals surface area contributed by atoms with Crippen molar-refractivity contribution in [2.24, 2.45) is 5.84 Å². The Labute approximate surface area is 162 Å². The quantitative estimate of drug-likeness (QED) is 0.413. The van der Waals surface area contributed by atoms with Crippen molar-refractivity contribution in [1.82, 2.24) is 9.71 Å². The molecule has 0 aliphatic heterocycles. The molecule has 0 amide bonds. The number of aromatic nitrogens is 1. The third-order valence-electron chi connectivity index (χ3n) is 3.94. The minimum absolute atomic E-state index is 0.0862. The number of nitrogens with two attached hydrogens (primary N) is 1. The highest BCUT2D eigenvalue weighted by atomic mass is 32.2. The number of ether oxygens (including phenoxy) is 1. The number of hydrazine groups is 1. The second kappa shape index (κ2) is 8.05. The first-order valence-corrected chi connectivity index (χ1v) is 10.4. The molecule has 0 aliphatic carbocycles. The van der Waals surface area contributed by atoms with Gasteiger partial charge in [0.2, 0.25) is 10.0 Å². The van der Waals surface area contributed by atoms with Crippen LogP contribution in [0.25, 0.3) is 11.3 Å². The zero-order valence-electron chi connectivity index (χ0n) is 14.9. The number of hydrogen-bond acceptors (Lipinski definition) is 7. The van der Waals surface area contributed by atoms with Gasteiger partial charge in [0.05, 0.1) is 17.7 Å². The fraction of sp³-hybridized carbons (Fsp3) is 0.167. The van der Waals surface area contributed by atoms with Crippen LogP contribution in [0.2, 0.25) is 0 Å². The Bertz CT molecular complexity index is 1030. The summed E-state index contributed by atoms with van der Waals surface area (Å²) >= 11 is 1.28. The van der Waals surface area contributed by atoms with E-state index in [9.17, 15) is 8.42 Å². The minimum Gasteiger partial charge on any atom is -0.496 e. The molecule has 3 aromatic rings. The van der Waals surface area contributed by atoms with E-state index in [1.165, 1.54) is 11.3 Å². The molecular weight excluding hydrogens is 384 g/mol. The number of nitrogen functional groups attached to an aromatic ring is 1. The molecular formula is C18H20N4O3S2. The van der Waals surface area contributed by atoms with Crippen molar-refractivity contribution in [3.63, 3.8) is 0 Å². The number of sulfonamides is 1. The molecule has 0 bridgehead atoms. The first kappa shape index (κ1) is 19.3. The number of anilines is 1. The molecule has 1 heterocycles. The lowest BCUT2D eigenvalue weighted by molar-refractivity contribution is 0.416. The van der Waals surface area contributed by atoms with Gasteiger partial charge in [0, 0.05) is 17.0 Å². The summed E-state index contributed by atoms with van der Waals surface area (Å²) in [7, 11) is -2.06. The van der Waals surface area contributed by atoms with Crippen molar-refractivity contribution < 1.29 is 13.2 Å². The van der Waals surface area contributed by atoms with Gasteiger partial charge in [0.15, 0.2) is 5.13 Å². The van der Waals surface area contributed by atoms with E-state index in [0.29, 0.717) is 16.6 Å². The fourth-order valence-corrected chi connectivity index (χ4v) is 4.46. The first-order valence-electron chi connectivity index (χ1n) is 8.10. The van der Waals surface area contributed by atoms with Crippen molar-refractivity contribution in [3.8, 4) is 17.0 Å². The van der Waals surface area contributed by atoms with Gasteiger partial charge in [-0.1, -0.05) is 41.2 Å². The van der Waals surface area contributed by atoms with Crippen molar-refractivity contribution in [1.29, 1.82) is 0 Å². The Morgan fingerprint density at radius 2 is 1.85 bits per heavy atom. The normalized spacial score (nSPS) is 11.4. The maximum absolute atomic E-state index is 12.6. The lowest BCUT2D eigenvalue weighted by atomic mass is 10.1. The smallest absolute Gasteiger partial charge is 0.240 e. The van der Waals surface area contributed by atoms with Gasteiger partial charge in [0.1, 0.15) is 5.75 Å². The number of benzene rings is 2. The molecule has 27 heavy (non-hydrogen) atoms. The van der Waals surface area contributed by atoms with Gasteiger partial charge in [-0.3, -0.25) is 5.43 Å². The number of aryl methyl sites for hydroxylation is 1. The Balaban J connectivity index is 1.91. The number of rotatable bonds is 7. The molecule has 0 spiro atoms. The Hall–Kier alpha value is -2.46. The standard InChI is InChI=1S/C18H20N4O3S2/c1-12-7-9-13(10-8-12)27(23,24)20-11-16-17(21-18(22-19)26-16)14-5-3-4-6-15(14)25-2/h3-10,20H,11,19H2,1-2H3,(H,21,22). The second-order valence-corrected chi connectivity index (χ2v) is 8.62. The number of methoxy groups -OCH3 is 1.